The van der Waals surface area contributed by atoms with Crippen LogP contribution in [0.4, 0.5) is 0 Å². The van der Waals surface area contributed by atoms with Crippen LogP contribution in [0.1, 0.15) is 0 Å². The summed E-state index contributed by atoms with van der Waals surface area (Å²) >= 11 is 0. The molecule has 0 aliphatic rings. The zero-order valence-electron chi connectivity index (χ0n) is 3.10. The second kappa shape index (κ2) is 5.30. The van der Waals surface area contributed by atoms with E-state index in [1.54, 1.807) is 0 Å². The van der Waals surface area contributed by atoms with Gasteiger partial charge in [-0.25, -0.2) is 0 Å². The van der Waals surface area contributed by atoms with Crippen LogP contribution in [0, 0.1) is 0 Å². The van der Waals surface area contributed by atoms with Crippen molar-refractivity contribution in [2.45, 2.75) is 0 Å². The quantitative estimate of drug-likeness (QED) is 0.250. The minimum Gasteiger partial charge on any atom is -0.759 e. The predicted octanol–water partition coefficient (Wildman–Crippen LogP) is -1.72. The molecule has 40 valence electrons. The van der Waals surface area contributed by atoms with Gasteiger partial charge in [-0.15, -0.1) is 0 Å². The standard InChI is InChI=1S/Fe.Mg.H2O4S/c;;1-5(2,3)4/h;;(H2,1,2,3,4)/q;+2;/p-2. The summed E-state index contributed by atoms with van der Waals surface area (Å²) in [6.45, 7) is 0. The van der Waals surface area contributed by atoms with Gasteiger partial charge in [-0.05, 0) is 0 Å². The Labute approximate surface area is 67.9 Å². The maximum Gasteiger partial charge on any atom is 2.00 e. The van der Waals surface area contributed by atoms with E-state index in [-0.39, 0.29) is 40.1 Å². The van der Waals surface area contributed by atoms with Crippen LogP contribution in [-0.2, 0) is 27.5 Å². The molecule has 0 heterocycles. The predicted molar refractivity (Wildman–Crippen MR) is 16.2 cm³/mol. The van der Waals surface area contributed by atoms with Gasteiger partial charge < -0.3 is 9.11 Å². The Hall–Kier alpha value is 1.16. The van der Waals surface area contributed by atoms with E-state index in [2.05, 4.69) is 0 Å². The van der Waals surface area contributed by atoms with Crippen molar-refractivity contribution >= 4 is 33.5 Å². The molecule has 0 aliphatic carbocycles. The first-order valence-corrected chi connectivity index (χ1v) is 2.00. The summed E-state index contributed by atoms with van der Waals surface area (Å²) in [6.07, 6.45) is 0. The van der Waals surface area contributed by atoms with Gasteiger partial charge >= 0.3 is 23.1 Å². The van der Waals surface area contributed by atoms with Crippen LogP contribution in [0.2, 0.25) is 0 Å². The van der Waals surface area contributed by atoms with Crippen molar-refractivity contribution in [3.05, 3.63) is 0 Å². The fourth-order valence-corrected chi connectivity index (χ4v) is 0. The minimum atomic E-state index is -5.17. The van der Waals surface area contributed by atoms with Crippen molar-refractivity contribution in [3.8, 4) is 0 Å². The van der Waals surface area contributed by atoms with Crippen molar-refractivity contribution in [3.63, 3.8) is 0 Å². The molecule has 0 rings (SSSR count). The molecule has 0 aromatic rings. The average molecular weight is 176 g/mol. The van der Waals surface area contributed by atoms with E-state index in [1.807, 2.05) is 0 Å². The van der Waals surface area contributed by atoms with Crippen LogP contribution in [0.3, 0.4) is 0 Å². The summed E-state index contributed by atoms with van der Waals surface area (Å²) < 4.78 is 34.1. The fraction of sp³-hybridized carbons (Fsp3) is 0. The first kappa shape index (κ1) is 15.7. The summed E-state index contributed by atoms with van der Waals surface area (Å²) in [5, 5.41) is 0. The van der Waals surface area contributed by atoms with Gasteiger partial charge in [0.25, 0.3) is 0 Å². The molecular formula is FeMgO4S. The van der Waals surface area contributed by atoms with Gasteiger partial charge in [-0.1, -0.05) is 0 Å². The third-order valence-corrected chi connectivity index (χ3v) is 0. The maximum absolute atomic E-state index is 8.52. The van der Waals surface area contributed by atoms with Gasteiger partial charge in [0.1, 0.15) is 0 Å². The van der Waals surface area contributed by atoms with Crippen LogP contribution < -0.4 is 0 Å². The largest absolute Gasteiger partial charge is 2.00 e. The smallest absolute Gasteiger partial charge is 0.759 e. The molecule has 0 saturated carbocycles. The van der Waals surface area contributed by atoms with Crippen molar-refractivity contribution in [2.75, 3.05) is 0 Å². The van der Waals surface area contributed by atoms with Crippen molar-refractivity contribution in [2.24, 2.45) is 0 Å². The Morgan fingerprint density at radius 1 is 1.14 bits per heavy atom. The molecule has 0 fully saturated rings. The Morgan fingerprint density at radius 2 is 1.14 bits per heavy atom. The summed E-state index contributed by atoms with van der Waals surface area (Å²) in [5.74, 6) is 0. The molecule has 0 aliphatic heterocycles. The van der Waals surface area contributed by atoms with Crippen LogP contribution in [0.25, 0.3) is 0 Å². The van der Waals surface area contributed by atoms with Gasteiger partial charge in [0, 0.05) is 27.5 Å². The monoisotopic (exact) mass is 176 g/mol. The van der Waals surface area contributed by atoms with Crippen molar-refractivity contribution in [1.29, 1.82) is 0 Å². The minimum absolute atomic E-state index is 0. The van der Waals surface area contributed by atoms with E-state index < -0.39 is 10.4 Å². The maximum atomic E-state index is 8.52. The summed E-state index contributed by atoms with van der Waals surface area (Å²) in [7, 11) is -5.17. The summed E-state index contributed by atoms with van der Waals surface area (Å²) in [5.41, 5.74) is 0. The van der Waals surface area contributed by atoms with Crippen molar-refractivity contribution in [1.82, 2.24) is 0 Å². The Kier molecular flexibility index (Phi) is 11.9. The van der Waals surface area contributed by atoms with Gasteiger partial charge in [0.2, 0.25) is 0 Å². The van der Waals surface area contributed by atoms with Gasteiger partial charge in [-0.3, -0.25) is 8.42 Å². The van der Waals surface area contributed by atoms with Crippen LogP contribution in [0.5, 0.6) is 0 Å². The molecule has 0 aromatic heterocycles. The van der Waals surface area contributed by atoms with Gasteiger partial charge in [0.05, 0.1) is 0 Å². The third kappa shape index (κ3) is 142. The molecule has 0 unspecified atom stereocenters. The zero-order valence-corrected chi connectivity index (χ0v) is 6.44. The van der Waals surface area contributed by atoms with E-state index >= 15 is 0 Å². The molecule has 0 N–H and O–H groups in total. The molecule has 0 radical (unpaired) electrons. The molecule has 0 bridgehead atoms. The third-order valence-electron chi connectivity index (χ3n) is 0. The first-order chi connectivity index (χ1) is 2.00. The molecule has 0 spiro atoms. The molecule has 7 heteroatoms. The molecule has 0 saturated heterocycles. The normalized spacial score (nSPS) is 8.29. The molecule has 0 aromatic carbocycles. The SMILES string of the molecule is O=S(=O)([O-])[O-].[Fe].[Mg+2]. The first-order valence-electron chi connectivity index (χ1n) is 0.667. The van der Waals surface area contributed by atoms with Crippen LogP contribution >= 0.6 is 0 Å². The zero-order chi connectivity index (χ0) is 4.50. The summed E-state index contributed by atoms with van der Waals surface area (Å²) in [6, 6.07) is 0. The van der Waals surface area contributed by atoms with Crippen LogP contribution in [-0.4, -0.2) is 40.6 Å². The van der Waals surface area contributed by atoms with E-state index in [0.29, 0.717) is 0 Å². The fourth-order valence-electron chi connectivity index (χ4n) is 0. The number of hydrogen-bond acceptors (Lipinski definition) is 4. The molecular weight excluding hydrogens is 176 g/mol. The molecule has 0 atom stereocenters. The number of hydrogen-bond donors (Lipinski definition) is 0. The average Bonchev–Trinajstić information content (AvgIpc) is 0.722. The number of rotatable bonds is 0. The van der Waals surface area contributed by atoms with E-state index in [0.717, 1.165) is 0 Å². The Bertz CT molecular complexity index is 94.9. The second-order valence-electron chi connectivity index (χ2n) is 0.408. The topological polar surface area (TPSA) is 80.3 Å². The molecule has 0 amide bonds. The Morgan fingerprint density at radius 3 is 1.14 bits per heavy atom. The Balaban J connectivity index is -0.0000000800. The van der Waals surface area contributed by atoms with E-state index in [1.165, 1.54) is 0 Å². The van der Waals surface area contributed by atoms with E-state index in [4.69, 9.17) is 17.5 Å². The summed E-state index contributed by atoms with van der Waals surface area (Å²) in [4.78, 5) is 0. The molecule has 4 nitrogen and oxygen atoms in total. The van der Waals surface area contributed by atoms with E-state index in [9.17, 15) is 0 Å². The molecule has 7 heavy (non-hydrogen) atoms. The van der Waals surface area contributed by atoms with Crippen molar-refractivity contribution < 1.29 is 34.6 Å². The van der Waals surface area contributed by atoms with Crippen LogP contribution in [0.15, 0.2) is 0 Å². The van der Waals surface area contributed by atoms with Gasteiger partial charge in [-0.2, -0.15) is 0 Å². The van der Waals surface area contributed by atoms with Gasteiger partial charge in [0.15, 0.2) is 0 Å². The second-order valence-corrected chi connectivity index (χ2v) is 1.22.